The lowest BCUT2D eigenvalue weighted by Crippen LogP contribution is -2.45. The number of nitrogens with zero attached hydrogens (tertiary/aromatic N) is 2. The van der Waals surface area contributed by atoms with Crippen molar-refractivity contribution in [2.24, 2.45) is 0 Å². The molecule has 0 aliphatic carbocycles. The first-order valence-corrected chi connectivity index (χ1v) is 7.79. The minimum Gasteiger partial charge on any atom is -0.340 e. The molecule has 106 valence electrons. The second-order valence-corrected chi connectivity index (χ2v) is 6.08. The highest BCUT2D eigenvalue weighted by Crippen LogP contribution is 2.14. The third-order valence-electron chi connectivity index (χ3n) is 3.66. The number of hydrogen-bond acceptors (Lipinski definition) is 4. The monoisotopic (exact) mass is 281 g/mol. The van der Waals surface area contributed by atoms with Crippen LogP contribution in [0.4, 0.5) is 0 Å². The molecule has 1 fully saturated rings. The second-order valence-electron chi connectivity index (χ2n) is 5.04. The number of likely N-dealkylation sites (N-methyl/N-ethyl adjacent to an activating group) is 1. The zero-order valence-electron chi connectivity index (χ0n) is 11.8. The fourth-order valence-electron chi connectivity index (χ4n) is 2.37. The largest absolute Gasteiger partial charge is 0.340 e. The van der Waals surface area contributed by atoms with Gasteiger partial charge < -0.3 is 10.2 Å². The molecule has 5 heteroatoms. The molecule has 1 amide bonds. The summed E-state index contributed by atoms with van der Waals surface area (Å²) in [4.78, 5) is 18.0. The van der Waals surface area contributed by atoms with Crippen molar-refractivity contribution < 1.29 is 4.79 Å². The SMILES string of the molecule is CNC(C)C(=O)N1CCCN(Cc2cccs2)CC1. The maximum atomic E-state index is 12.2. The Balaban J connectivity index is 1.86. The zero-order chi connectivity index (χ0) is 13.7. The lowest BCUT2D eigenvalue weighted by atomic mass is 10.2. The van der Waals surface area contributed by atoms with Crippen LogP contribution in [0, 0.1) is 0 Å². The van der Waals surface area contributed by atoms with E-state index in [2.05, 4.69) is 27.7 Å². The highest BCUT2D eigenvalue weighted by molar-refractivity contribution is 7.09. The van der Waals surface area contributed by atoms with Crippen LogP contribution in [0.3, 0.4) is 0 Å². The number of rotatable bonds is 4. The van der Waals surface area contributed by atoms with E-state index >= 15 is 0 Å². The molecule has 1 aliphatic heterocycles. The topological polar surface area (TPSA) is 35.6 Å². The predicted octanol–water partition coefficient (Wildman–Crippen LogP) is 1.39. The van der Waals surface area contributed by atoms with Gasteiger partial charge in [-0.3, -0.25) is 9.69 Å². The van der Waals surface area contributed by atoms with Gasteiger partial charge >= 0.3 is 0 Å². The summed E-state index contributed by atoms with van der Waals surface area (Å²) in [5.41, 5.74) is 0. The lowest BCUT2D eigenvalue weighted by Gasteiger charge is -2.24. The molecular weight excluding hydrogens is 258 g/mol. The fraction of sp³-hybridized carbons (Fsp3) is 0.643. The van der Waals surface area contributed by atoms with E-state index in [4.69, 9.17) is 0 Å². The van der Waals surface area contributed by atoms with Gasteiger partial charge in [-0.05, 0) is 31.8 Å². The number of hydrogen-bond donors (Lipinski definition) is 1. The van der Waals surface area contributed by atoms with Crippen molar-refractivity contribution in [3.05, 3.63) is 22.4 Å². The van der Waals surface area contributed by atoms with Gasteiger partial charge in [-0.1, -0.05) is 6.07 Å². The number of carbonyl (C=O) groups is 1. The van der Waals surface area contributed by atoms with Crippen molar-refractivity contribution in [1.29, 1.82) is 0 Å². The van der Waals surface area contributed by atoms with Crippen LogP contribution in [-0.4, -0.2) is 55.0 Å². The summed E-state index contributed by atoms with van der Waals surface area (Å²) in [6.07, 6.45) is 1.06. The maximum Gasteiger partial charge on any atom is 0.239 e. The third-order valence-corrected chi connectivity index (χ3v) is 4.52. The quantitative estimate of drug-likeness (QED) is 0.906. The van der Waals surface area contributed by atoms with Gasteiger partial charge in [0.05, 0.1) is 6.04 Å². The molecule has 1 aromatic heterocycles. The highest BCUT2D eigenvalue weighted by atomic mass is 32.1. The predicted molar refractivity (Wildman–Crippen MR) is 79.3 cm³/mol. The third kappa shape index (κ3) is 4.03. The Labute approximate surface area is 119 Å². The Morgan fingerprint density at radius 2 is 2.26 bits per heavy atom. The van der Waals surface area contributed by atoms with Crippen LogP contribution in [-0.2, 0) is 11.3 Å². The molecule has 19 heavy (non-hydrogen) atoms. The van der Waals surface area contributed by atoms with Gasteiger partial charge in [0.1, 0.15) is 0 Å². The highest BCUT2D eigenvalue weighted by Gasteiger charge is 2.22. The molecule has 2 rings (SSSR count). The lowest BCUT2D eigenvalue weighted by molar-refractivity contribution is -0.132. The van der Waals surface area contributed by atoms with Gasteiger partial charge in [0.25, 0.3) is 0 Å². The standard InChI is InChI=1S/C14H23N3OS/c1-12(15-2)14(18)17-7-4-6-16(8-9-17)11-13-5-3-10-19-13/h3,5,10,12,15H,4,6-9,11H2,1-2H3. The van der Waals surface area contributed by atoms with E-state index in [1.165, 1.54) is 4.88 Å². The first-order chi connectivity index (χ1) is 9.20. The summed E-state index contributed by atoms with van der Waals surface area (Å²) < 4.78 is 0. The normalized spacial score (nSPS) is 19.2. The first-order valence-electron chi connectivity index (χ1n) is 6.91. The average Bonchev–Trinajstić information content (AvgIpc) is 2.82. The average molecular weight is 281 g/mol. The molecule has 1 atom stereocenters. The number of amides is 1. The molecular formula is C14H23N3OS. The molecule has 0 radical (unpaired) electrons. The van der Waals surface area contributed by atoms with E-state index in [1.807, 2.05) is 18.9 Å². The van der Waals surface area contributed by atoms with Crippen LogP contribution >= 0.6 is 11.3 Å². The van der Waals surface area contributed by atoms with Gasteiger partial charge in [-0.25, -0.2) is 0 Å². The Morgan fingerprint density at radius 1 is 1.42 bits per heavy atom. The van der Waals surface area contributed by atoms with Crippen molar-refractivity contribution in [3.8, 4) is 0 Å². The summed E-state index contributed by atoms with van der Waals surface area (Å²) in [6.45, 7) is 6.72. The molecule has 2 heterocycles. The van der Waals surface area contributed by atoms with Crippen LogP contribution in [0.25, 0.3) is 0 Å². The van der Waals surface area contributed by atoms with Crippen LogP contribution in [0.15, 0.2) is 17.5 Å². The molecule has 0 aromatic carbocycles. The Bertz CT molecular complexity index is 393. The van der Waals surface area contributed by atoms with E-state index in [-0.39, 0.29) is 11.9 Å². The summed E-state index contributed by atoms with van der Waals surface area (Å²) >= 11 is 1.81. The van der Waals surface area contributed by atoms with Crippen LogP contribution in [0.2, 0.25) is 0 Å². The molecule has 1 N–H and O–H groups in total. The molecule has 0 spiro atoms. The van der Waals surface area contributed by atoms with Gasteiger partial charge in [-0.15, -0.1) is 11.3 Å². The van der Waals surface area contributed by atoms with Crippen molar-refractivity contribution in [2.45, 2.75) is 25.9 Å². The molecule has 1 aliphatic rings. The molecule has 0 saturated carbocycles. The summed E-state index contributed by atoms with van der Waals surface area (Å²) in [5.74, 6) is 0.223. The van der Waals surface area contributed by atoms with E-state index < -0.39 is 0 Å². The van der Waals surface area contributed by atoms with Crippen LogP contribution in [0.5, 0.6) is 0 Å². The molecule has 1 saturated heterocycles. The minimum absolute atomic E-state index is 0.0798. The molecule has 4 nitrogen and oxygen atoms in total. The first kappa shape index (κ1) is 14.5. The number of nitrogens with one attached hydrogen (secondary N) is 1. The van der Waals surface area contributed by atoms with Gasteiger partial charge in [0, 0.05) is 37.6 Å². The van der Waals surface area contributed by atoms with Crippen molar-refractivity contribution in [1.82, 2.24) is 15.1 Å². The number of carbonyl (C=O) groups excluding carboxylic acids is 1. The molecule has 1 aromatic rings. The van der Waals surface area contributed by atoms with Gasteiger partial charge in [0.15, 0.2) is 0 Å². The van der Waals surface area contributed by atoms with Crippen LogP contribution in [0.1, 0.15) is 18.2 Å². The van der Waals surface area contributed by atoms with Gasteiger partial charge in [0.2, 0.25) is 5.91 Å². The Kier molecular flexibility index (Phi) is 5.36. The number of thiophene rings is 1. The Hall–Kier alpha value is -0.910. The van der Waals surface area contributed by atoms with Crippen LogP contribution < -0.4 is 5.32 Å². The molecule has 0 bridgehead atoms. The fourth-order valence-corrected chi connectivity index (χ4v) is 3.12. The van der Waals surface area contributed by atoms with E-state index in [0.717, 1.165) is 39.1 Å². The van der Waals surface area contributed by atoms with Crippen molar-refractivity contribution in [3.63, 3.8) is 0 Å². The maximum absolute atomic E-state index is 12.2. The van der Waals surface area contributed by atoms with E-state index in [1.54, 1.807) is 11.3 Å². The second kappa shape index (κ2) is 7.03. The minimum atomic E-state index is -0.0798. The smallest absolute Gasteiger partial charge is 0.239 e. The van der Waals surface area contributed by atoms with E-state index in [9.17, 15) is 4.79 Å². The summed E-state index contributed by atoms with van der Waals surface area (Å²) in [7, 11) is 1.84. The van der Waals surface area contributed by atoms with Crippen molar-refractivity contribution >= 4 is 17.2 Å². The van der Waals surface area contributed by atoms with Gasteiger partial charge in [-0.2, -0.15) is 0 Å². The zero-order valence-corrected chi connectivity index (χ0v) is 12.6. The Morgan fingerprint density at radius 3 is 2.95 bits per heavy atom. The summed E-state index contributed by atoms with van der Waals surface area (Å²) in [5, 5.41) is 5.15. The summed E-state index contributed by atoms with van der Waals surface area (Å²) in [6, 6.07) is 4.20. The van der Waals surface area contributed by atoms with E-state index in [0.29, 0.717) is 0 Å². The molecule has 1 unspecified atom stereocenters. The van der Waals surface area contributed by atoms with Crippen molar-refractivity contribution in [2.75, 3.05) is 33.2 Å².